The van der Waals surface area contributed by atoms with Gasteiger partial charge in [0.25, 0.3) is 5.56 Å². The Bertz CT molecular complexity index is 945. The number of hydrogen-bond donors (Lipinski definition) is 5. The highest BCUT2D eigenvalue weighted by Crippen LogP contribution is 2.28. The summed E-state index contributed by atoms with van der Waals surface area (Å²) in [4.78, 5) is 34.0. The zero-order valence-electron chi connectivity index (χ0n) is 16.3. The van der Waals surface area contributed by atoms with Gasteiger partial charge in [-0.2, -0.15) is 0 Å². The highest BCUT2D eigenvalue weighted by Gasteiger charge is 2.44. The summed E-state index contributed by atoms with van der Waals surface area (Å²) < 4.78 is 6.77. The van der Waals surface area contributed by atoms with E-state index in [4.69, 9.17) is 4.74 Å². The molecule has 5 N–H and O–H groups in total. The van der Waals surface area contributed by atoms with Crippen molar-refractivity contribution in [1.29, 1.82) is 0 Å². The van der Waals surface area contributed by atoms with Crippen LogP contribution in [0.2, 0.25) is 0 Å². The molecule has 1 saturated heterocycles. The largest absolute Gasteiger partial charge is 0.387 e. The highest BCUT2D eigenvalue weighted by atomic mass is 16.6. The predicted molar refractivity (Wildman–Crippen MR) is 106 cm³/mol. The minimum atomic E-state index is -1.33. The second-order valence-corrected chi connectivity index (χ2v) is 6.97. The molecular formula is C18H26N6O5. The van der Waals surface area contributed by atoms with Crippen LogP contribution < -0.4 is 21.9 Å². The number of rotatable bonds is 8. The van der Waals surface area contributed by atoms with Crippen LogP contribution in [-0.2, 0) is 4.74 Å². The van der Waals surface area contributed by atoms with Crippen molar-refractivity contribution in [3.05, 3.63) is 45.0 Å². The molecule has 0 saturated carbocycles. The van der Waals surface area contributed by atoms with Gasteiger partial charge in [-0.15, -0.1) is 0 Å². The number of ether oxygens (including phenoxy) is 1. The third kappa shape index (κ3) is 4.81. The first kappa shape index (κ1) is 21.0. The predicted octanol–water partition coefficient (Wildman–Crippen LogP) is -0.422. The molecule has 0 unspecified atom stereocenters. The van der Waals surface area contributed by atoms with Gasteiger partial charge in [0, 0.05) is 30.9 Å². The summed E-state index contributed by atoms with van der Waals surface area (Å²) >= 11 is 0. The first-order chi connectivity index (χ1) is 13.9. The van der Waals surface area contributed by atoms with Gasteiger partial charge in [-0.25, -0.2) is 14.8 Å². The van der Waals surface area contributed by atoms with Crippen LogP contribution in [0.25, 0.3) is 0 Å². The van der Waals surface area contributed by atoms with Gasteiger partial charge >= 0.3 is 5.69 Å². The monoisotopic (exact) mass is 406 g/mol. The standard InChI is InChI=1S/C18H26N6O5/c1-3-4-5-19-12-6-13(22-9-21-12)20-7-11-14(25)15(26)17(29-11)24-8-10(2)16(27)23-18(24)28/h6,8-9,11,14-15,17,25-26H,3-5,7H2,1-2H3,(H,23,27,28)(H2,19,20,21,22)/t11-,14-,15-,17-/m1/s1. The first-order valence-corrected chi connectivity index (χ1v) is 9.54. The molecule has 158 valence electrons. The molecule has 11 heteroatoms. The lowest BCUT2D eigenvalue weighted by Gasteiger charge is -2.17. The molecule has 0 bridgehead atoms. The highest BCUT2D eigenvalue weighted by molar-refractivity contribution is 5.46. The Morgan fingerprint density at radius 1 is 1.21 bits per heavy atom. The molecule has 1 aliphatic heterocycles. The number of aryl methyl sites for hydroxylation is 1. The van der Waals surface area contributed by atoms with E-state index in [-0.39, 0.29) is 6.54 Å². The van der Waals surface area contributed by atoms with Crippen LogP contribution >= 0.6 is 0 Å². The molecule has 0 amide bonds. The van der Waals surface area contributed by atoms with E-state index in [9.17, 15) is 19.8 Å². The Morgan fingerprint density at radius 3 is 2.66 bits per heavy atom. The van der Waals surface area contributed by atoms with Crippen LogP contribution in [-0.4, -0.2) is 61.1 Å². The van der Waals surface area contributed by atoms with Crippen molar-refractivity contribution in [2.24, 2.45) is 0 Å². The molecule has 11 nitrogen and oxygen atoms in total. The van der Waals surface area contributed by atoms with Crippen molar-refractivity contribution >= 4 is 11.6 Å². The van der Waals surface area contributed by atoms with Gasteiger partial charge in [0.05, 0.1) is 0 Å². The van der Waals surface area contributed by atoms with Crippen LogP contribution in [0, 0.1) is 6.92 Å². The van der Waals surface area contributed by atoms with E-state index >= 15 is 0 Å². The van der Waals surface area contributed by atoms with Gasteiger partial charge < -0.3 is 25.6 Å². The Morgan fingerprint density at radius 2 is 1.93 bits per heavy atom. The number of hydrogen-bond acceptors (Lipinski definition) is 9. The lowest BCUT2D eigenvalue weighted by molar-refractivity contribution is -0.0364. The molecule has 4 atom stereocenters. The molecule has 0 aromatic carbocycles. The maximum absolute atomic E-state index is 12.1. The van der Waals surface area contributed by atoms with Gasteiger partial charge in [-0.1, -0.05) is 13.3 Å². The number of nitrogens with one attached hydrogen (secondary N) is 3. The number of aliphatic hydroxyl groups excluding tert-OH is 2. The molecule has 29 heavy (non-hydrogen) atoms. The van der Waals surface area contributed by atoms with Crippen molar-refractivity contribution in [3.8, 4) is 0 Å². The van der Waals surface area contributed by atoms with Crippen molar-refractivity contribution in [2.75, 3.05) is 23.7 Å². The fourth-order valence-electron chi connectivity index (χ4n) is 3.05. The Labute approximate surface area is 166 Å². The van der Waals surface area contributed by atoms with E-state index in [1.807, 2.05) is 0 Å². The molecular weight excluding hydrogens is 380 g/mol. The Kier molecular flexibility index (Phi) is 6.62. The second-order valence-electron chi connectivity index (χ2n) is 6.97. The number of H-pyrrole nitrogens is 1. The summed E-state index contributed by atoms with van der Waals surface area (Å²) in [5.74, 6) is 1.21. The molecule has 3 rings (SSSR count). The second kappa shape index (κ2) is 9.16. The number of anilines is 2. The van der Waals surface area contributed by atoms with Crippen molar-refractivity contribution in [1.82, 2.24) is 19.5 Å². The van der Waals surface area contributed by atoms with E-state index in [1.165, 1.54) is 19.4 Å². The van der Waals surface area contributed by atoms with Gasteiger partial charge in [0.15, 0.2) is 6.23 Å². The summed E-state index contributed by atoms with van der Waals surface area (Å²) in [6.45, 7) is 4.59. The lowest BCUT2D eigenvalue weighted by Crippen LogP contribution is -2.38. The Hall–Kier alpha value is -2.76. The van der Waals surface area contributed by atoms with E-state index in [0.29, 0.717) is 17.2 Å². The molecule has 1 aliphatic rings. The molecule has 3 heterocycles. The van der Waals surface area contributed by atoms with Gasteiger partial charge in [0.2, 0.25) is 0 Å². The summed E-state index contributed by atoms with van der Waals surface area (Å²) in [6.07, 6.45) is 0.354. The van der Waals surface area contributed by atoms with Crippen molar-refractivity contribution in [3.63, 3.8) is 0 Å². The number of unbranched alkanes of at least 4 members (excludes halogenated alkanes) is 1. The van der Waals surface area contributed by atoms with Gasteiger partial charge in [0.1, 0.15) is 36.3 Å². The third-order valence-corrected chi connectivity index (χ3v) is 4.75. The van der Waals surface area contributed by atoms with Crippen molar-refractivity contribution < 1.29 is 14.9 Å². The molecule has 0 spiro atoms. The fraction of sp³-hybridized carbons (Fsp3) is 0.556. The minimum Gasteiger partial charge on any atom is -0.387 e. The maximum atomic E-state index is 12.1. The summed E-state index contributed by atoms with van der Waals surface area (Å²) in [7, 11) is 0. The van der Waals surface area contributed by atoms with E-state index in [0.717, 1.165) is 24.0 Å². The minimum absolute atomic E-state index is 0.150. The summed E-state index contributed by atoms with van der Waals surface area (Å²) in [5, 5.41) is 26.9. The lowest BCUT2D eigenvalue weighted by atomic mass is 10.1. The zero-order valence-corrected chi connectivity index (χ0v) is 16.3. The van der Waals surface area contributed by atoms with E-state index < -0.39 is 35.8 Å². The molecule has 2 aromatic rings. The van der Waals surface area contributed by atoms with Crippen LogP contribution in [0.3, 0.4) is 0 Å². The SMILES string of the molecule is CCCCNc1cc(NC[C@H]2O[C@@H](n3cc(C)c(=O)[nH]c3=O)[C@H](O)[C@@H]2O)ncn1. The quantitative estimate of drug-likeness (QED) is 0.368. The average molecular weight is 406 g/mol. The number of aromatic amines is 1. The smallest absolute Gasteiger partial charge is 0.330 e. The van der Waals surface area contributed by atoms with Crippen LogP contribution in [0.4, 0.5) is 11.6 Å². The third-order valence-electron chi connectivity index (χ3n) is 4.75. The van der Waals surface area contributed by atoms with Crippen LogP contribution in [0.15, 0.2) is 28.2 Å². The first-order valence-electron chi connectivity index (χ1n) is 9.54. The van der Waals surface area contributed by atoms with Crippen molar-refractivity contribution in [2.45, 2.75) is 51.2 Å². The topological polar surface area (TPSA) is 154 Å². The molecule has 1 fully saturated rings. The van der Waals surface area contributed by atoms with Crippen LogP contribution in [0.1, 0.15) is 31.6 Å². The molecule has 0 aliphatic carbocycles. The molecule has 0 radical (unpaired) electrons. The molecule has 2 aromatic heterocycles. The van der Waals surface area contributed by atoms with E-state index in [1.54, 1.807) is 6.07 Å². The average Bonchev–Trinajstić information content (AvgIpc) is 2.98. The Balaban J connectivity index is 1.66. The normalized spacial score (nSPS) is 23.9. The number of aliphatic hydroxyl groups is 2. The van der Waals surface area contributed by atoms with Crippen LogP contribution in [0.5, 0.6) is 0 Å². The van der Waals surface area contributed by atoms with Gasteiger partial charge in [-0.3, -0.25) is 14.3 Å². The summed E-state index contributed by atoms with van der Waals surface area (Å²) in [5.41, 5.74) is -0.936. The maximum Gasteiger partial charge on any atom is 0.330 e. The van der Waals surface area contributed by atoms with Gasteiger partial charge in [-0.05, 0) is 13.3 Å². The number of nitrogens with zero attached hydrogens (tertiary/aromatic N) is 3. The van der Waals surface area contributed by atoms with E-state index in [2.05, 4.69) is 32.5 Å². The summed E-state index contributed by atoms with van der Waals surface area (Å²) in [6, 6.07) is 1.74. The fourth-order valence-corrected chi connectivity index (χ4v) is 3.05. The zero-order chi connectivity index (χ0) is 21.0. The number of aromatic nitrogens is 4.